The van der Waals surface area contributed by atoms with Gasteiger partial charge in [0.2, 0.25) is 0 Å². The third-order valence-electron chi connectivity index (χ3n) is 2.52. The maximum atomic E-state index is 11.5. The van der Waals surface area contributed by atoms with Crippen LogP contribution in [0, 0.1) is 0 Å². The Labute approximate surface area is 111 Å². The van der Waals surface area contributed by atoms with Crippen LogP contribution in [0.15, 0.2) is 36.9 Å². The lowest BCUT2D eigenvalue weighted by Crippen LogP contribution is -2.14. The lowest BCUT2D eigenvalue weighted by molar-refractivity contribution is -0.142. The predicted molar refractivity (Wildman–Crippen MR) is 76.2 cm³/mol. The maximum absolute atomic E-state index is 11.5. The number of carbonyl (C=O) groups excluding carboxylic acids is 1. The largest absolute Gasteiger partial charge is 0.490 e. The van der Waals surface area contributed by atoms with E-state index in [0.29, 0.717) is 13.2 Å². The molecule has 3 nitrogen and oxygen atoms in total. The Kier molecular flexibility index (Phi) is 6.22. The van der Waals surface area contributed by atoms with Crippen molar-refractivity contribution in [1.82, 2.24) is 0 Å². The smallest absolute Gasteiger partial charge is 0.305 e. The van der Waals surface area contributed by atoms with Crippen molar-refractivity contribution in [2.45, 2.75) is 18.9 Å². The number of esters is 1. The summed E-state index contributed by atoms with van der Waals surface area (Å²) in [6, 6.07) is 7.81. The van der Waals surface area contributed by atoms with Crippen LogP contribution in [0.1, 0.15) is 12.5 Å². The van der Waals surface area contributed by atoms with Gasteiger partial charge in [-0.3, -0.25) is 4.79 Å². The van der Waals surface area contributed by atoms with Crippen LogP contribution in [-0.4, -0.2) is 29.4 Å². The highest BCUT2D eigenvalue weighted by Crippen LogP contribution is 2.17. The van der Waals surface area contributed by atoms with Crippen molar-refractivity contribution in [1.29, 1.82) is 0 Å². The molecular weight excluding hydrogens is 244 g/mol. The molecule has 0 radical (unpaired) electrons. The molecule has 0 saturated heterocycles. The summed E-state index contributed by atoms with van der Waals surface area (Å²) in [7, 11) is 0.803. The van der Waals surface area contributed by atoms with E-state index in [0.717, 1.165) is 28.0 Å². The van der Waals surface area contributed by atoms with E-state index in [2.05, 4.69) is 6.58 Å². The number of hydrogen-bond acceptors (Lipinski definition) is 3. The lowest BCUT2D eigenvalue weighted by atomic mass is 10.1. The van der Waals surface area contributed by atoms with Gasteiger partial charge >= 0.3 is 5.97 Å². The molecule has 0 spiro atoms. The molecule has 18 heavy (non-hydrogen) atoms. The van der Waals surface area contributed by atoms with Gasteiger partial charge in [-0.25, -0.2) is 0 Å². The van der Waals surface area contributed by atoms with Gasteiger partial charge in [-0.05, 0) is 31.0 Å². The van der Waals surface area contributed by atoms with Gasteiger partial charge in [-0.2, -0.15) is 0 Å². The molecule has 0 heterocycles. The SMILES string of the molecule is C=CCOc1ccc(CC([SiH3])C(=O)OCC)cc1. The minimum Gasteiger partial charge on any atom is -0.490 e. The van der Waals surface area contributed by atoms with E-state index in [1.165, 1.54) is 0 Å². The van der Waals surface area contributed by atoms with Gasteiger partial charge in [-0.15, -0.1) is 0 Å². The van der Waals surface area contributed by atoms with E-state index in [4.69, 9.17) is 9.47 Å². The Morgan fingerprint density at radius 1 is 1.44 bits per heavy atom. The van der Waals surface area contributed by atoms with Crippen molar-refractivity contribution >= 4 is 16.2 Å². The molecule has 0 aliphatic carbocycles. The van der Waals surface area contributed by atoms with E-state index in [9.17, 15) is 4.79 Å². The van der Waals surface area contributed by atoms with Crippen molar-refractivity contribution in [2.24, 2.45) is 0 Å². The highest BCUT2D eigenvalue weighted by Gasteiger charge is 2.14. The van der Waals surface area contributed by atoms with E-state index in [-0.39, 0.29) is 11.5 Å². The molecule has 0 bridgehead atoms. The molecule has 0 fully saturated rings. The van der Waals surface area contributed by atoms with Gasteiger partial charge in [0.05, 0.1) is 6.61 Å². The fraction of sp³-hybridized carbons (Fsp3) is 0.357. The predicted octanol–water partition coefficient (Wildman–Crippen LogP) is 1.51. The average molecular weight is 264 g/mol. The Bertz CT molecular complexity index is 387. The Balaban J connectivity index is 2.52. The third-order valence-corrected chi connectivity index (χ3v) is 3.40. The van der Waals surface area contributed by atoms with Gasteiger partial charge in [0.15, 0.2) is 0 Å². The van der Waals surface area contributed by atoms with Gasteiger partial charge < -0.3 is 9.47 Å². The summed E-state index contributed by atoms with van der Waals surface area (Å²) in [5, 5.41) is 0. The average Bonchev–Trinajstić information content (AvgIpc) is 2.38. The summed E-state index contributed by atoms with van der Waals surface area (Å²) in [6.45, 7) is 6.38. The monoisotopic (exact) mass is 264 g/mol. The molecule has 4 heteroatoms. The second-order valence-corrected chi connectivity index (χ2v) is 5.49. The maximum Gasteiger partial charge on any atom is 0.305 e. The Morgan fingerprint density at radius 3 is 2.67 bits per heavy atom. The third kappa shape index (κ3) is 4.75. The van der Waals surface area contributed by atoms with E-state index in [1.807, 2.05) is 31.2 Å². The van der Waals surface area contributed by atoms with Gasteiger partial charge in [0.25, 0.3) is 0 Å². The molecule has 98 valence electrons. The van der Waals surface area contributed by atoms with Crippen LogP contribution in [0.5, 0.6) is 5.75 Å². The van der Waals surface area contributed by atoms with Crippen LogP contribution in [0.3, 0.4) is 0 Å². The number of rotatable bonds is 7. The summed E-state index contributed by atoms with van der Waals surface area (Å²) in [6.07, 6.45) is 2.45. The van der Waals surface area contributed by atoms with Crippen molar-refractivity contribution < 1.29 is 14.3 Å². The first-order valence-electron chi connectivity index (χ1n) is 6.16. The highest BCUT2D eigenvalue weighted by atomic mass is 28.1. The van der Waals surface area contributed by atoms with Crippen molar-refractivity contribution in [2.75, 3.05) is 13.2 Å². The van der Waals surface area contributed by atoms with Gasteiger partial charge in [0.1, 0.15) is 12.4 Å². The minimum atomic E-state index is -0.0869. The normalized spacial score (nSPS) is 11.8. The second kappa shape index (κ2) is 7.71. The van der Waals surface area contributed by atoms with Gasteiger partial charge in [-0.1, -0.05) is 24.8 Å². The van der Waals surface area contributed by atoms with Crippen molar-refractivity contribution in [3.63, 3.8) is 0 Å². The van der Waals surface area contributed by atoms with E-state index >= 15 is 0 Å². The molecule has 1 aromatic rings. The van der Waals surface area contributed by atoms with Crippen LogP contribution >= 0.6 is 0 Å². The van der Waals surface area contributed by atoms with Crippen molar-refractivity contribution in [3.8, 4) is 5.75 Å². The molecule has 1 rings (SSSR count). The zero-order valence-electron chi connectivity index (χ0n) is 11.0. The topological polar surface area (TPSA) is 35.5 Å². The number of ether oxygens (including phenoxy) is 2. The summed E-state index contributed by atoms with van der Waals surface area (Å²) in [4.78, 5) is 11.5. The number of carbonyl (C=O) groups is 1. The first-order valence-corrected chi connectivity index (χ1v) is 7.32. The summed E-state index contributed by atoms with van der Waals surface area (Å²) < 4.78 is 10.4. The van der Waals surface area contributed by atoms with Crippen LogP contribution in [0.2, 0.25) is 5.54 Å². The molecule has 0 amide bonds. The van der Waals surface area contributed by atoms with Crippen molar-refractivity contribution in [3.05, 3.63) is 42.5 Å². The van der Waals surface area contributed by atoms with Crippen LogP contribution in [0.25, 0.3) is 0 Å². The van der Waals surface area contributed by atoms with E-state index < -0.39 is 0 Å². The van der Waals surface area contributed by atoms with E-state index in [1.54, 1.807) is 6.08 Å². The van der Waals surface area contributed by atoms with Gasteiger partial charge in [0, 0.05) is 15.8 Å². The first-order chi connectivity index (χ1) is 8.67. The summed E-state index contributed by atoms with van der Waals surface area (Å²) in [5.74, 6) is 0.732. The fourth-order valence-corrected chi connectivity index (χ4v) is 2.24. The van der Waals surface area contributed by atoms with Crippen LogP contribution < -0.4 is 4.74 Å². The summed E-state index contributed by atoms with van der Waals surface area (Å²) >= 11 is 0. The molecular formula is C14H20O3Si. The van der Waals surface area contributed by atoms with Crippen LogP contribution in [-0.2, 0) is 16.0 Å². The second-order valence-electron chi connectivity index (χ2n) is 4.10. The summed E-state index contributed by atoms with van der Waals surface area (Å²) in [5.41, 5.74) is 1.15. The molecule has 1 aromatic carbocycles. The Morgan fingerprint density at radius 2 is 2.11 bits per heavy atom. The van der Waals surface area contributed by atoms with Crippen LogP contribution in [0.4, 0.5) is 0 Å². The lowest BCUT2D eigenvalue weighted by Gasteiger charge is -2.11. The standard InChI is InChI=1S/C14H20O3Si/c1-3-9-17-12-7-5-11(6-8-12)10-13(18)14(15)16-4-2/h3,5-8,13H,1,4,9-10H2,2,18H3. The highest BCUT2D eigenvalue weighted by molar-refractivity contribution is 6.22. The Hall–Kier alpha value is -1.55. The molecule has 0 aliphatic rings. The fourth-order valence-electron chi connectivity index (χ4n) is 1.60. The zero-order valence-corrected chi connectivity index (χ0v) is 13.0. The molecule has 0 N–H and O–H groups in total. The molecule has 1 unspecified atom stereocenters. The molecule has 0 aromatic heterocycles. The molecule has 0 saturated carbocycles. The number of benzene rings is 1. The number of hydrogen-bond donors (Lipinski definition) is 0. The first kappa shape index (κ1) is 14.5. The quantitative estimate of drug-likeness (QED) is 0.425. The zero-order chi connectivity index (χ0) is 13.4. The molecule has 0 aliphatic heterocycles. The molecule has 1 atom stereocenters. The minimum absolute atomic E-state index is 0.0184.